The number of rotatable bonds is 1. The van der Waals surface area contributed by atoms with Crippen LogP contribution in [-0.2, 0) is 0 Å². The number of halogens is 1. The molecule has 1 aliphatic rings. The first-order valence-corrected chi connectivity index (χ1v) is 5.02. The molecule has 1 atom stereocenters. The molecule has 0 saturated heterocycles. The van der Waals surface area contributed by atoms with E-state index in [9.17, 15) is 0 Å². The molecule has 1 aromatic heterocycles. The van der Waals surface area contributed by atoms with Crippen LogP contribution >= 0.6 is 11.6 Å². The van der Waals surface area contributed by atoms with Gasteiger partial charge in [-0.2, -0.15) is 0 Å². The first-order chi connectivity index (χ1) is 6.38. The van der Waals surface area contributed by atoms with Crippen LogP contribution in [0.4, 0.5) is 0 Å². The van der Waals surface area contributed by atoms with E-state index in [4.69, 9.17) is 11.6 Å². The summed E-state index contributed by atoms with van der Waals surface area (Å²) in [5.74, 6) is 0.504. The molecule has 1 unspecified atom stereocenters. The van der Waals surface area contributed by atoms with Crippen LogP contribution in [0.2, 0.25) is 5.02 Å². The summed E-state index contributed by atoms with van der Waals surface area (Å²) in [6.45, 7) is 0. The van der Waals surface area contributed by atoms with Gasteiger partial charge in [0.05, 0.1) is 5.02 Å². The van der Waals surface area contributed by atoms with E-state index < -0.39 is 0 Å². The summed E-state index contributed by atoms with van der Waals surface area (Å²) >= 11 is 6.06. The normalized spacial score (nSPS) is 21.8. The second-order valence-corrected chi connectivity index (χ2v) is 3.77. The molecule has 1 nitrogen and oxygen atoms in total. The van der Waals surface area contributed by atoms with Crippen LogP contribution in [0.1, 0.15) is 30.7 Å². The van der Waals surface area contributed by atoms with Crippen molar-refractivity contribution in [2.24, 2.45) is 0 Å². The van der Waals surface area contributed by atoms with Gasteiger partial charge >= 0.3 is 0 Å². The molecule has 2 rings (SSSR count). The van der Waals surface area contributed by atoms with Crippen molar-refractivity contribution >= 4 is 11.6 Å². The number of allylic oxidation sites excluding steroid dienone is 2. The van der Waals surface area contributed by atoms with Crippen molar-refractivity contribution in [2.45, 2.75) is 25.2 Å². The van der Waals surface area contributed by atoms with E-state index in [1.807, 2.05) is 12.3 Å². The van der Waals surface area contributed by atoms with Gasteiger partial charge in [-0.3, -0.25) is 4.98 Å². The molecule has 0 N–H and O–H groups in total. The second-order valence-electron chi connectivity index (χ2n) is 3.36. The predicted octanol–water partition coefficient (Wildman–Crippen LogP) is 3.56. The van der Waals surface area contributed by atoms with Crippen molar-refractivity contribution in [1.82, 2.24) is 4.98 Å². The zero-order valence-electron chi connectivity index (χ0n) is 7.41. The SMILES string of the molecule is Clc1cnccc1C1C=CCCC1. The van der Waals surface area contributed by atoms with Gasteiger partial charge in [-0.05, 0) is 30.9 Å². The Balaban J connectivity index is 2.29. The minimum absolute atomic E-state index is 0.504. The maximum absolute atomic E-state index is 6.06. The fraction of sp³-hybridized carbons (Fsp3) is 0.364. The van der Waals surface area contributed by atoms with Crippen molar-refractivity contribution in [3.05, 3.63) is 41.2 Å². The molecule has 0 aliphatic heterocycles. The molecule has 0 fully saturated rings. The quantitative estimate of drug-likeness (QED) is 0.622. The highest BCUT2D eigenvalue weighted by Gasteiger charge is 2.13. The number of pyridine rings is 1. The van der Waals surface area contributed by atoms with E-state index in [0.717, 1.165) is 5.02 Å². The number of nitrogens with zero attached hydrogens (tertiary/aromatic N) is 1. The van der Waals surface area contributed by atoms with E-state index in [-0.39, 0.29) is 0 Å². The van der Waals surface area contributed by atoms with Gasteiger partial charge in [-0.1, -0.05) is 23.8 Å². The molecular weight excluding hydrogens is 182 g/mol. The maximum Gasteiger partial charge on any atom is 0.0627 e. The van der Waals surface area contributed by atoms with E-state index in [2.05, 4.69) is 17.1 Å². The number of hydrogen-bond acceptors (Lipinski definition) is 1. The highest BCUT2D eigenvalue weighted by Crippen LogP contribution is 2.31. The lowest BCUT2D eigenvalue weighted by Gasteiger charge is -2.17. The second kappa shape index (κ2) is 3.93. The molecule has 68 valence electrons. The van der Waals surface area contributed by atoms with Crippen molar-refractivity contribution in [2.75, 3.05) is 0 Å². The summed E-state index contributed by atoms with van der Waals surface area (Å²) in [5, 5.41) is 0.791. The summed E-state index contributed by atoms with van der Waals surface area (Å²) < 4.78 is 0. The summed E-state index contributed by atoms with van der Waals surface area (Å²) in [6, 6.07) is 2.02. The highest BCUT2D eigenvalue weighted by atomic mass is 35.5. The Bertz CT molecular complexity index is 320. The van der Waals surface area contributed by atoms with Crippen LogP contribution in [0.5, 0.6) is 0 Å². The lowest BCUT2D eigenvalue weighted by molar-refractivity contribution is 0.654. The van der Waals surface area contributed by atoms with Gasteiger partial charge in [-0.15, -0.1) is 0 Å². The largest absolute Gasteiger partial charge is 0.263 e. The zero-order valence-corrected chi connectivity index (χ0v) is 8.17. The monoisotopic (exact) mass is 193 g/mol. The lowest BCUT2D eigenvalue weighted by atomic mass is 9.90. The van der Waals surface area contributed by atoms with Crippen molar-refractivity contribution in [3.63, 3.8) is 0 Å². The van der Waals surface area contributed by atoms with Crippen LogP contribution in [0, 0.1) is 0 Å². The van der Waals surface area contributed by atoms with Crippen LogP contribution < -0.4 is 0 Å². The van der Waals surface area contributed by atoms with E-state index in [1.54, 1.807) is 6.20 Å². The summed E-state index contributed by atoms with van der Waals surface area (Å²) in [7, 11) is 0. The Hall–Kier alpha value is -0.820. The summed E-state index contributed by atoms with van der Waals surface area (Å²) in [5.41, 5.74) is 1.22. The Labute approximate surface area is 83.4 Å². The van der Waals surface area contributed by atoms with Crippen LogP contribution in [-0.4, -0.2) is 4.98 Å². The molecule has 0 amide bonds. The Morgan fingerprint density at radius 1 is 1.46 bits per heavy atom. The molecule has 0 saturated carbocycles. The molecule has 1 aliphatic carbocycles. The Morgan fingerprint density at radius 3 is 3.08 bits per heavy atom. The maximum atomic E-state index is 6.06. The third-order valence-corrected chi connectivity index (χ3v) is 2.77. The van der Waals surface area contributed by atoms with Gasteiger partial charge < -0.3 is 0 Å². The summed E-state index contributed by atoms with van der Waals surface area (Å²) in [4.78, 5) is 3.98. The fourth-order valence-corrected chi connectivity index (χ4v) is 2.02. The molecule has 13 heavy (non-hydrogen) atoms. The zero-order chi connectivity index (χ0) is 9.10. The standard InChI is InChI=1S/C11H12ClN/c12-11-8-13-7-6-10(11)9-4-2-1-3-5-9/h2,4,6-9H,1,3,5H2. The molecule has 1 aromatic rings. The average molecular weight is 194 g/mol. The first kappa shape index (κ1) is 8.76. The van der Waals surface area contributed by atoms with Gasteiger partial charge in [0.15, 0.2) is 0 Å². The molecule has 0 bridgehead atoms. The predicted molar refractivity (Wildman–Crippen MR) is 55.0 cm³/mol. The van der Waals surface area contributed by atoms with E-state index >= 15 is 0 Å². The van der Waals surface area contributed by atoms with Crippen molar-refractivity contribution in [3.8, 4) is 0 Å². The van der Waals surface area contributed by atoms with Crippen molar-refractivity contribution < 1.29 is 0 Å². The van der Waals surface area contributed by atoms with Gasteiger partial charge in [0.2, 0.25) is 0 Å². The summed E-state index contributed by atoms with van der Waals surface area (Å²) in [6.07, 6.45) is 11.7. The smallest absolute Gasteiger partial charge is 0.0627 e. The third kappa shape index (κ3) is 1.92. The number of hydrogen-bond donors (Lipinski definition) is 0. The van der Waals surface area contributed by atoms with E-state index in [1.165, 1.54) is 24.8 Å². The third-order valence-electron chi connectivity index (χ3n) is 2.46. The van der Waals surface area contributed by atoms with Gasteiger partial charge in [0.1, 0.15) is 0 Å². The molecule has 0 radical (unpaired) electrons. The molecular formula is C11H12ClN. The van der Waals surface area contributed by atoms with Crippen LogP contribution in [0.3, 0.4) is 0 Å². The Kier molecular flexibility index (Phi) is 2.65. The molecule has 0 aromatic carbocycles. The fourth-order valence-electron chi connectivity index (χ4n) is 1.76. The van der Waals surface area contributed by atoms with Crippen molar-refractivity contribution in [1.29, 1.82) is 0 Å². The first-order valence-electron chi connectivity index (χ1n) is 4.64. The van der Waals surface area contributed by atoms with Gasteiger partial charge in [0.25, 0.3) is 0 Å². The molecule has 0 spiro atoms. The Morgan fingerprint density at radius 2 is 2.38 bits per heavy atom. The van der Waals surface area contributed by atoms with Gasteiger partial charge in [-0.25, -0.2) is 0 Å². The lowest BCUT2D eigenvalue weighted by Crippen LogP contribution is -2.00. The molecule has 2 heteroatoms. The minimum atomic E-state index is 0.504. The minimum Gasteiger partial charge on any atom is -0.263 e. The number of aromatic nitrogens is 1. The highest BCUT2D eigenvalue weighted by molar-refractivity contribution is 6.31. The average Bonchev–Trinajstić information content (AvgIpc) is 2.20. The topological polar surface area (TPSA) is 12.9 Å². The molecule has 1 heterocycles. The van der Waals surface area contributed by atoms with Crippen LogP contribution in [0.25, 0.3) is 0 Å². The van der Waals surface area contributed by atoms with E-state index in [0.29, 0.717) is 5.92 Å². The van der Waals surface area contributed by atoms with Crippen LogP contribution in [0.15, 0.2) is 30.6 Å². The van der Waals surface area contributed by atoms with Gasteiger partial charge in [0, 0.05) is 18.3 Å².